The molecule has 0 fully saturated rings. The Labute approximate surface area is 140 Å². The third-order valence-corrected chi connectivity index (χ3v) is 5.41. The summed E-state index contributed by atoms with van der Waals surface area (Å²) in [6, 6.07) is 6.55. The lowest BCUT2D eigenvalue weighted by Gasteiger charge is -2.12. The van der Waals surface area contributed by atoms with E-state index in [4.69, 9.17) is 4.52 Å². The SMILES string of the molecule is CN=S(=O)(c1ccc(-c2noc(-c3cc(C)[nH]n3)n2)cc1)C(F)(F)F. The number of rotatable bonds is 3. The van der Waals surface area contributed by atoms with Crippen molar-refractivity contribution in [2.75, 3.05) is 7.05 Å². The lowest BCUT2D eigenvalue weighted by atomic mass is 10.2. The molecule has 1 unspecified atom stereocenters. The molecule has 1 atom stereocenters. The molecule has 0 aliphatic heterocycles. The van der Waals surface area contributed by atoms with Crippen molar-refractivity contribution in [3.05, 3.63) is 36.0 Å². The molecule has 0 bridgehead atoms. The molecule has 0 spiro atoms. The van der Waals surface area contributed by atoms with Gasteiger partial charge < -0.3 is 4.52 Å². The summed E-state index contributed by atoms with van der Waals surface area (Å²) in [5, 5.41) is 10.5. The molecule has 0 saturated carbocycles. The molecule has 3 aromatic rings. The van der Waals surface area contributed by atoms with Gasteiger partial charge in [-0.05, 0) is 37.3 Å². The average Bonchev–Trinajstić information content (AvgIpc) is 3.22. The van der Waals surface area contributed by atoms with Gasteiger partial charge in [0.2, 0.25) is 5.82 Å². The zero-order valence-corrected chi connectivity index (χ0v) is 13.9. The second-order valence-corrected chi connectivity index (χ2v) is 7.39. The van der Waals surface area contributed by atoms with E-state index in [0.717, 1.165) is 24.9 Å². The van der Waals surface area contributed by atoms with Crippen LogP contribution >= 0.6 is 0 Å². The molecule has 0 saturated heterocycles. The van der Waals surface area contributed by atoms with Gasteiger partial charge in [0.1, 0.15) is 0 Å². The molecule has 25 heavy (non-hydrogen) atoms. The molecule has 3 rings (SSSR count). The molecule has 1 N–H and O–H groups in total. The van der Waals surface area contributed by atoms with Gasteiger partial charge in [-0.15, -0.1) is 0 Å². The van der Waals surface area contributed by atoms with Crippen LogP contribution in [0.1, 0.15) is 5.69 Å². The number of H-pyrrole nitrogens is 1. The van der Waals surface area contributed by atoms with Crippen molar-refractivity contribution in [2.24, 2.45) is 4.36 Å². The van der Waals surface area contributed by atoms with E-state index in [-0.39, 0.29) is 11.7 Å². The summed E-state index contributed by atoms with van der Waals surface area (Å²) >= 11 is 0. The van der Waals surface area contributed by atoms with Crippen LogP contribution in [-0.2, 0) is 9.73 Å². The fourth-order valence-corrected chi connectivity index (χ4v) is 3.29. The summed E-state index contributed by atoms with van der Waals surface area (Å²) in [7, 11) is -3.63. The van der Waals surface area contributed by atoms with E-state index in [1.54, 1.807) is 6.07 Å². The third-order valence-electron chi connectivity index (χ3n) is 3.35. The van der Waals surface area contributed by atoms with Crippen molar-refractivity contribution in [3.8, 4) is 23.0 Å². The highest BCUT2D eigenvalue weighted by Crippen LogP contribution is 2.33. The molecule has 7 nitrogen and oxygen atoms in total. The summed E-state index contributed by atoms with van der Waals surface area (Å²) < 4.78 is 59.2. The predicted octanol–water partition coefficient (Wildman–Crippen LogP) is 3.41. The van der Waals surface area contributed by atoms with Crippen LogP contribution in [0.25, 0.3) is 23.0 Å². The van der Waals surface area contributed by atoms with Gasteiger partial charge in [0.25, 0.3) is 5.89 Å². The van der Waals surface area contributed by atoms with Crippen molar-refractivity contribution in [1.82, 2.24) is 20.3 Å². The van der Waals surface area contributed by atoms with Crippen molar-refractivity contribution in [1.29, 1.82) is 0 Å². The van der Waals surface area contributed by atoms with Gasteiger partial charge in [0, 0.05) is 18.3 Å². The fourth-order valence-electron chi connectivity index (χ4n) is 2.10. The van der Waals surface area contributed by atoms with Crippen LogP contribution in [0.3, 0.4) is 0 Å². The number of aromatic amines is 1. The number of halogens is 3. The molecular weight excluding hydrogens is 359 g/mol. The number of nitrogens with one attached hydrogen (secondary N) is 1. The van der Waals surface area contributed by atoms with E-state index in [0.29, 0.717) is 11.3 Å². The molecule has 11 heteroatoms. The maximum Gasteiger partial charge on any atom is 0.483 e. The minimum Gasteiger partial charge on any atom is -0.332 e. The van der Waals surface area contributed by atoms with Crippen molar-refractivity contribution >= 4 is 9.73 Å². The Morgan fingerprint density at radius 3 is 2.44 bits per heavy atom. The highest BCUT2D eigenvalue weighted by atomic mass is 32.2. The predicted molar refractivity (Wildman–Crippen MR) is 82.9 cm³/mol. The number of nitrogens with zero attached hydrogens (tertiary/aromatic N) is 4. The van der Waals surface area contributed by atoms with Crippen molar-refractivity contribution in [3.63, 3.8) is 0 Å². The molecule has 0 aliphatic rings. The number of benzene rings is 1. The molecule has 0 radical (unpaired) electrons. The summed E-state index contributed by atoms with van der Waals surface area (Å²) in [6.45, 7) is 1.81. The first-order chi connectivity index (χ1) is 11.7. The van der Waals surface area contributed by atoms with Gasteiger partial charge in [-0.25, -0.2) is 8.57 Å². The Balaban J connectivity index is 1.94. The van der Waals surface area contributed by atoms with E-state index in [9.17, 15) is 17.4 Å². The standard InChI is InChI=1S/C14H12F3N5O2S/c1-8-7-11(21-20-8)13-19-12(22-24-13)9-3-5-10(6-4-9)25(23,18-2)14(15,16)17/h3-7H,1-2H3,(H,20,21). The molecule has 132 valence electrons. The van der Waals surface area contributed by atoms with E-state index in [2.05, 4.69) is 24.7 Å². The molecule has 0 aliphatic carbocycles. The van der Waals surface area contributed by atoms with E-state index >= 15 is 0 Å². The van der Waals surface area contributed by atoms with E-state index in [1.807, 2.05) is 6.92 Å². The summed E-state index contributed by atoms with van der Waals surface area (Å²) in [4.78, 5) is 3.72. The first-order valence-corrected chi connectivity index (χ1v) is 8.44. The maximum absolute atomic E-state index is 13.0. The summed E-state index contributed by atoms with van der Waals surface area (Å²) in [5.74, 6) is 0.347. The van der Waals surface area contributed by atoms with Crippen LogP contribution in [0, 0.1) is 6.92 Å². The second kappa shape index (κ2) is 5.99. The minimum absolute atomic E-state index is 0.172. The molecule has 2 heterocycles. The quantitative estimate of drug-likeness (QED) is 0.761. The maximum atomic E-state index is 13.0. The number of alkyl halides is 3. The minimum atomic E-state index is -4.96. The highest BCUT2D eigenvalue weighted by Gasteiger charge is 2.44. The van der Waals surface area contributed by atoms with Crippen molar-refractivity contribution in [2.45, 2.75) is 17.3 Å². The number of aromatic nitrogens is 4. The lowest BCUT2D eigenvalue weighted by Crippen LogP contribution is -2.23. The van der Waals surface area contributed by atoms with Crippen LogP contribution in [0.15, 0.2) is 44.1 Å². The zero-order chi connectivity index (χ0) is 18.2. The Hall–Kier alpha value is -2.69. The van der Waals surface area contributed by atoms with Crippen molar-refractivity contribution < 1.29 is 21.9 Å². The van der Waals surface area contributed by atoms with Gasteiger partial charge >= 0.3 is 5.51 Å². The van der Waals surface area contributed by atoms with Crippen LogP contribution in [0.2, 0.25) is 0 Å². The first-order valence-electron chi connectivity index (χ1n) is 6.93. The van der Waals surface area contributed by atoms with E-state index in [1.165, 1.54) is 12.1 Å². The van der Waals surface area contributed by atoms with Crippen LogP contribution in [0.5, 0.6) is 0 Å². The smallest absolute Gasteiger partial charge is 0.332 e. The van der Waals surface area contributed by atoms with Gasteiger partial charge in [-0.3, -0.25) is 5.10 Å². The Morgan fingerprint density at radius 2 is 1.92 bits per heavy atom. The Bertz CT molecular complexity index is 1010. The topological polar surface area (TPSA) is 97.0 Å². The molecule has 0 amide bonds. The third kappa shape index (κ3) is 3.02. The summed E-state index contributed by atoms with van der Waals surface area (Å²) in [5.41, 5.74) is -3.28. The first kappa shape index (κ1) is 17.1. The normalized spacial score (nSPS) is 14.3. The number of hydrogen-bond acceptors (Lipinski definition) is 6. The van der Waals surface area contributed by atoms with Gasteiger partial charge in [-0.2, -0.15) is 23.3 Å². The van der Waals surface area contributed by atoms with Gasteiger partial charge in [0.05, 0.1) is 4.90 Å². The van der Waals surface area contributed by atoms with Crippen LogP contribution in [-0.4, -0.2) is 37.1 Å². The lowest BCUT2D eigenvalue weighted by molar-refractivity contribution is -0.0403. The molecule has 2 aromatic heterocycles. The largest absolute Gasteiger partial charge is 0.483 e. The fraction of sp³-hybridized carbons (Fsp3) is 0.214. The highest BCUT2D eigenvalue weighted by molar-refractivity contribution is 7.94. The second-order valence-electron chi connectivity index (χ2n) is 5.04. The number of aryl methyl sites for hydroxylation is 1. The van der Waals surface area contributed by atoms with Gasteiger partial charge in [-0.1, -0.05) is 5.16 Å². The van der Waals surface area contributed by atoms with Gasteiger partial charge in [0.15, 0.2) is 15.4 Å². The van der Waals surface area contributed by atoms with E-state index < -0.39 is 20.1 Å². The van der Waals surface area contributed by atoms with Crippen LogP contribution in [0.4, 0.5) is 13.2 Å². The molecular formula is C14H12F3N5O2S. The Kier molecular flexibility index (Phi) is 4.11. The summed E-state index contributed by atoms with van der Waals surface area (Å²) in [6.07, 6.45) is 0. The zero-order valence-electron chi connectivity index (χ0n) is 13.0. The average molecular weight is 371 g/mol. The van der Waals surface area contributed by atoms with Crippen LogP contribution < -0.4 is 0 Å². The monoisotopic (exact) mass is 371 g/mol. The number of hydrogen-bond donors (Lipinski definition) is 1. The molecule has 1 aromatic carbocycles. The Morgan fingerprint density at radius 1 is 1.24 bits per heavy atom.